The van der Waals surface area contributed by atoms with E-state index in [0.717, 1.165) is 25.9 Å². The Morgan fingerprint density at radius 2 is 1.89 bits per heavy atom. The van der Waals surface area contributed by atoms with Gasteiger partial charge in [0.15, 0.2) is 0 Å². The van der Waals surface area contributed by atoms with Crippen LogP contribution in [0.25, 0.3) is 0 Å². The summed E-state index contributed by atoms with van der Waals surface area (Å²) in [5.41, 5.74) is -0.748. The number of hydrogen-bond acceptors (Lipinski definition) is 4. The zero-order valence-corrected chi connectivity index (χ0v) is 12.0. The standard InChI is InChI=1S/C13H26N2O3/c1-12(2,9-17-3)15-11(16)13(10-18-4)5-7-14-8-6-13/h14H,5-10H2,1-4H3,(H,15,16). The Bertz CT molecular complexity index is 268. The zero-order valence-electron chi connectivity index (χ0n) is 12.0. The molecular weight excluding hydrogens is 232 g/mol. The molecule has 2 N–H and O–H groups in total. The van der Waals surface area contributed by atoms with E-state index in [-0.39, 0.29) is 11.4 Å². The highest BCUT2D eigenvalue weighted by Gasteiger charge is 2.41. The number of carbonyl (C=O) groups is 1. The van der Waals surface area contributed by atoms with Gasteiger partial charge < -0.3 is 20.1 Å². The molecule has 0 radical (unpaired) electrons. The predicted octanol–water partition coefficient (Wildman–Crippen LogP) is 0.544. The van der Waals surface area contributed by atoms with Crippen LogP contribution in [-0.2, 0) is 14.3 Å². The minimum absolute atomic E-state index is 0.0768. The van der Waals surface area contributed by atoms with Crippen LogP contribution in [0, 0.1) is 5.41 Å². The van der Waals surface area contributed by atoms with Crippen LogP contribution in [0.3, 0.4) is 0 Å². The summed E-state index contributed by atoms with van der Waals surface area (Å²) in [6, 6.07) is 0. The Labute approximate surface area is 110 Å². The number of rotatable bonds is 6. The highest BCUT2D eigenvalue weighted by Crippen LogP contribution is 2.30. The average Bonchev–Trinajstić information content (AvgIpc) is 2.29. The number of methoxy groups -OCH3 is 2. The highest BCUT2D eigenvalue weighted by atomic mass is 16.5. The molecule has 5 nitrogen and oxygen atoms in total. The highest BCUT2D eigenvalue weighted by molar-refractivity contribution is 5.83. The molecule has 106 valence electrons. The molecule has 0 aromatic carbocycles. The van der Waals surface area contributed by atoms with E-state index >= 15 is 0 Å². The van der Waals surface area contributed by atoms with Gasteiger partial charge in [0.05, 0.1) is 24.2 Å². The van der Waals surface area contributed by atoms with E-state index in [4.69, 9.17) is 9.47 Å². The molecule has 1 aliphatic rings. The number of ether oxygens (including phenoxy) is 2. The van der Waals surface area contributed by atoms with Crippen LogP contribution >= 0.6 is 0 Å². The lowest BCUT2D eigenvalue weighted by atomic mass is 9.78. The van der Waals surface area contributed by atoms with Gasteiger partial charge in [-0.2, -0.15) is 0 Å². The van der Waals surface area contributed by atoms with Crippen molar-refractivity contribution < 1.29 is 14.3 Å². The Hall–Kier alpha value is -0.650. The first-order valence-corrected chi connectivity index (χ1v) is 6.47. The van der Waals surface area contributed by atoms with Gasteiger partial charge in [-0.25, -0.2) is 0 Å². The number of nitrogens with one attached hydrogen (secondary N) is 2. The van der Waals surface area contributed by atoms with Crippen LogP contribution in [0.5, 0.6) is 0 Å². The third-order valence-electron chi connectivity index (χ3n) is 3.42. The molecule has 0 aromatic rings. The van der Waals surface area contributed by atoms with Crippen molar-refractivity contribution in [2.24, 2.45) is 5.41 Å². The predicted molar refractivity (Wildman–Crippen MR) is 70.5 cm³/mol. The first-order chi connectivity index (χ1) is 8.46. The largest absolute Gasteiger partial charge is 0.384 e. The molecule has 0 aromatic heterocycles. The summed E-state index contributed by atoms with van der Waals surface area (Å²) >= 11 is 0. The molecule has 0 aliphatic carbocycles. The van der Waals surface area contributed by atoms with Crippen molar-refractivity contribution in [3.63, 3.8) is 0 Å². The van der Waals surface area contributed by atoms with E-state index in [9.17, 15) is 4.79 Å². The van der Waals surface area contributed by atoms with Crippen molar-refractivity contribution in [2.45, 2.75) is 32.2 Å². The molecule has 1 fully saturated rings. The van der Waals surface area contributed by atoms with E-state index in [0.29, 0.717) is 13.2 Å². The van der Waals surface area contributed by atoms with E-state index in [1.165, 1.54) is 0 Å². The molecule has 0 saturated carbocycles. The summed E-state index contributed by atoms with van der Waals surface area (Å²) in [7, 11) is 3.29. The van der Waals surface area contributed by atoms with Crippen LogP contribution in [-0.4, -0.2) is 52.0 Å². The Morgan fingerprint density at radius 1 is 1.28 bits per heavy atom. The van der Waals surface area contributed by atoms with Crippen LogP contribution in [0.2, 0.25) is 0 Å². The molecule has 0 bridgehead atoms. The number of hydrogen-bond donors (Lipinski definition) is 2. The third kappa shape index (κ3) is 3.93. The van der Waals surface area contributed by atoms with Gasteiger partial charge in [-0.05, 0) is 39.8 Å². The number of amides is 1. The fourth-order valence-electron chi connectivity index (χ4n) is 2.46. The Morgan fingerprint density at radius 3 is 2.39 bits per heavy atom. The summed E-state index contributed by atoms with van der Waals surface area (Å²) in [4.78, 5) is 12.5. The first-order valence-electron chi connectivity index (χ1n) is 6.47. The van der Waals surface area contributed by atoms with Crippen molar-refractivity contribution in [1.82, 2.24) is 10.6 Å². The monoisotopic (exact) mass is 258 g/mol. The van der Waals surface area contributed by atoms with Gasteiger partial charge in [0.2, 0.25) is 5.91 Å². The lowest BCUT2D eigenvalue weighted by molar-refractivity contribution is -0.138. The van der Waals surface area contributed by atoms with Crippen molar-refractivity contribution in [2.75, 3.05) is 40.5 Å². The SMILES string of the molecule is COCC(C)(C)NC(=O)C1(COC)CCNCC1. The molecule has 1 saturated heterocycles. The van der Waals surface area contributed by atoms with Crippen LogP contribution in [0.4, 0.5) is 0 Å². The molecule has 0 unspecified atom stereocenters. The average molecular weight is 258 g/mol. The van der Waals surface area contributed by atoms with Gasteiger partial charge in [-0.3, -0.25) is 4.79 Å². The second-order valence-electron chi connectivity index (χ2n) is 5.73. The fraction of sp³-hybridized carbons (Fsp3) is 0.923. The molecule has 0 spiro atoms. The summed E-state index contributed by atoms with van der Waals surface area (Å²) in [5.74, 6) is 0.0768. The van der Waals surface area contributed by atoms with E-state index in [2.05, 4.69) is 10.6 Å². The molecular formula is C13H26N2O3. The fourth-order valence-corrected chi connectivity index (χ4v) is 2.46. The van der Waals surface area contributed by atoms with Gasteiger partial charge in [0.1, 0.15) is 0 Å². The minimum Gasteiger partial charge on any atom is -0.384 e. The summed E-state index contributed by atoms with van der Waals surface area (Å²) in [6.45, 7) is 6.64. The molecule has 18 heavy (non-hydrogen) atoms. The van der Waals surface area contributed by atoms with E-state index < -0.39 is 5.41 Å². The molecule has 1 amide bonds. The summed E-state index contributed by atoms with van der Waals surface area (Å²) in [5, 5.41) is 6.36. The maximum Gasteiger partial charge on any atom is 0.229 e. The molecule has 5 heteroatoms. The molecule has 1 rings (SSSR count). The van der Waals surface area contributed by atoms with E-state index in [1.807, 2.05) is 13.8 Å². The van der Waals surface area contributed by atoms with Crippen molar-refractivity contribution >= 4 is 5.91 Å². The number of carbonyl (C=O) groups excluding carboxylic acids is 1. The van der Waals surface area contributed by atoms with Crippen molar-refractivity contribution in [1.29, 1.82) is 0 Å². The van der Waals surface area contributed by atoms with Gasteiger partial charge in [0, 0.05) is 14.2 Å². The summed E-state index contributed by atoms with van der Waals surface area (Å²) in [6.07, 6.45) is 1.63. The smallest absolute Gasteiger partial charge is 0.229 e. The molecule has 0 atom stereocenters. The van der Waals surface area contributed by atoms with Gasteiger partial charge in [-0.15, -0.1) is 0 Å². The minimum atomic E-state index is -0.398. The first kappa shape index (κ1) is 15.4. The Kier molecular flexibility index (Phi) is 5.56. The van der Waals surface area contributed by atoms with Crippen LogP contribution < -0.4 is 10.6 Å². The maximum absolute atomic E-state index is 12.5. The summed E-state index contributed by atoms with van der Waals surface area (Å²) < 4.78 is 10.4. The zero-order chi connectivity index (χ0) is 13.6. The lowest BCUT2D eigenvalue weighted by Gasteiger charge is -2.38. The van der Waals surface area contributed by atoms with Crippen molar-refractivity contribution in [3.05, 3.63) is 0 Å². The lowest BCUT2D eigenvalue weighted by Crippen LogP contribution is -2.56. The van der Waals surface area contributed by atoms with Crippen molar-refractivity contribution in [3.8, 4) is 0 Å². The van der Waals surface area contributed by atoms with E-state index in [1.54, 1.807) is 14.2 Å². The Balaban J connectivity index is 2.70. The quantitative estimate of drug-likeness (QED) is 0.730. The van der Waals surface area contributed by atoms with Crippen LogP contribution in [0.15, 0.2) is 0 Å². The van der Waals surface area contributed by atoms with Gasteiger partial charge >= 0.3 is 0 Å². The second-order valence-corrected chi connectivity index (χ2v) is 5.73. The third-order valence-corrected chi connectivity index (χ3v) is 3.42. The molecule has 1 aliphatic heterocycles. The second kappa shape index (κ2) is 6.50. The topological polar surface area (TPSA) is 59.6 Å². The number of piperidine rings is 1. The normalized spacial score (nSPS) is 19.6. The van der Waals surface area contributed by atoms with Gasteiger partial charge in [0.25, 0.3) is 0 Å². The van der Waals surface area contributed by atoms with Crippen LogP contribution in [0.1, 0.15) is 26.7 Å². The maximum atomic E-state index is 12.5. The van der Waals surface area contributed by atoms with Gasteiger partial charge in [-0.1, -0.05) is 0 Å². The molecule has 1 heterocycles.